The number of nitrogens with zero attached hydrogens (tertiary/aromatic N) is 5. The molecule has 1 aromatic heterocycles. The van der Waals surface area contributed by atoms with E-state index < -0.39 is 5.91 Å². The number of aromatic nitrogens is 2. The van der Waals surface area contributed by atoms with Crippen LogP contribution in [0.5, 0.6) is 0 Å². The third-order valence-electron chi connectivity index (χ3n) is 1.46. The molecule has 2 N–H and O–H groups in total. The van der Waals surface area contributed by atoms with Gasteiger partial charge >= 0.3 is 0 Å². The lowest BCUT2D eigenvalue weighted by molar-refractivity contribution is 0.0996. The summed E-state index contributed by atoms with van der Waals surface area (Å²) in [5.41, 5.74) is 5.23. The number of carbonyl (C=O) groups excluding carboxylic acids is 1. The molecule has 0 aromatic carbocycles. The normalized spacial score (nSPS) is 10.8. The molecule has 0 aliphatic rings. The molecule has 0 aliphatic heterocycles. The van der Waals surface area contributed by atoms with Gasteiger partial charge in [0.2, 0.25) is 0 Å². The zero-order valence-corrected chi connectivity index (χ0v) is 8.30. The van der Waals surface area contributed by atoms with Crippen molar-refractivity contribution in [2.24, 2.45) is 23.1 Å². The van der Waals surface area contributed by atoms with Crippen LogP contribution in [0.2, 0.25) is 0 Å². The first-order chi connectivity index (χ1) is 6.52. The van der Waals surface area contributed by atoms with Crippen LogP contribution in [-0.4, -0.2) is 34.6 Å². The van der Waals surface area contributed by atoms with E-state index in [0.29, 0.717) is 5.82 Å². The Morgan fingerprint density at radius 1 is 1.64 bits per heavy atom. The van der Waals surface area contributed by atoms with Crippen molar-refractivity contribution in [3.63, 3.8) is 0 Å². The van der Waals surface area contributed by atoms with Crippen LogP contribution in [0, 0.1) is 0 Å². The lowest BCUT2D eigenvalue weighted by Crippen LogP contribution is -2.11. The number of rotatable bonds is 3. The number of hydrogen-bond acceptors (Lipinski definition) is 4. The van der Waals surface area contributed by atoms with E-state index in [4.69, 9.17) is 5.73 Å². The Bertz CT molecular complexity index is 366. The van der Waals surface area contributed by atoms with E-state index in [1.807, 2.05) is 0 Å². The molecule has 0 radical (unpaired) electrons. The van der Waals surface area contributed by atoms with Gasteiger partial charge in [-0.05, 0) is 0 Å². The topological polar surface area (TPSA) is 88.9 Å². The molecule has 0 atom stereocenters. The van der Waals surface area contributed by atoms with Crippen LogP contribution in [0.4, 0.5) is 5.82 Å². The summed E-state index contributed by atoms with van der Waals surface area (Å²) in [6, 6.07) is 0. The number of amides is 1. The lowest BCUT2D eigenvalue weighted by Gasteiger charge is -2.01. The van der Waals surface area contributed by atoms with Crippen LogP contribution in [-0.2, 0) is 7.05 Å². The van der Waals surface area contributed by atoms with Crippen LogP contribution in [0.15, 0.2) is 16.7 Å². The fourth-order valence-corrected chi connectivity index (χ4v) is 0.847. The third-order valence-corrected chi connectivity index (χ3v) is 1.46. The predicted molar refractivity (Wildman–Crippen MR) is 49.9 cm³/mol. The van der Waals surface area contributed by atoms with E-state index in [-0.39, 0.29) is 5.69 Å². The molecule has 0 spiro atoms. The van der Waals surface area contributed by atoms with Crippen molar-refractivity contribution in [3.05, 3.63) is 12.0 Å². The lowest BCUT2D eigenvalue weighted by atomic mass is 10.4. The highest BCUT2D eigenvalue weighted by Crippen LogP contribution is 2.16. The second kappa shape index (κ2) is 3.86. The van der Waals surface area contributed by atoms with Crippen molar-refractivity contribution in [2.75, 3.05) is 14.1 Å². The monoisotopic (exact) mass is 196 g/mol. The quantitative estimate of drug-likeness (QED) is 0.548. The highest BCUT2D eigenvalue weighted by molar-refractivity contribution is 5.94. The summed E-state index contributed by atoms with van der Waals surface area (Å²) in [5, 5.41) is 9.11. The molecule has 1 amide bonds. The third kappa shape index (κ3) is 2.06. The van der Waals surface area contributed by atoms with E-state index >= 15 is 0 Å². The molecule has 0 unspecified atom stereocenters. The first-order valence-electron chi connectivity index (χ1n) is 3.92. The van der Waals surface area contributed by atoms with Crippen molar-refractivity contribution >= 4 is 11.7 Å². The molecule has 1 rings (SSSR count). The van der Waals surface area contributed by atoms with E-state index in [1.54, 1.807) is 25.7 Å². The summed E-state index contributed by atoms with van der Waals surface area (Å²) in [6.07, 6.45) is 1.46. The van der Waals surface area contributed by atoms with Crippen molar-refractivity contribution in [1.29, 1.82) is 0 Å². The number of primary amides is 1. The molecule has 0 bridgehead atoms. The minimum Gasteiger partial charge on any atom is -0.364 e. The zero-order chi connectivity index (χ0) is 10.7. The fourth-order valence-electron chi connectivity index (χ4n) is 0.847. The first-order valence-corrected chi connectivity index (χ1v) is 3.92. The Morgan fingerprint density at radius 2 is 2.29 bits per heavy atom. The van der Waals surface area contributed by atoms with Gasteiger partial charge in [0.25, 0.3) is 5.91 Å². The molecule has 1 aromatic rings. The maximum atomic E-state index is 10.9. The number of carbonyl (C=O) groups is 1. The summed E-state index contributed by atoms with van der Waals surface area (Å²) in [4.78, 5) is 14.7. The standard InChI is InChI=1S/C7H12N6O/c1-12(2)11-10-7-5(6(8)14)9-4-13(7)3/h4H,1-3H3,(H2,8,14). The summed E-state index contributed by atoms with van der Waals surface area (Å²) in [5.74, 6) is -0.260. The van der Waals surface area contributed by atoms with E-state index in [2.05, 4.69) is 15.3 Å². The van der Waals surface area contributed by atoms with Crippen molar-refractivity contribution in [1.82, 2.24) is 14.6 Å². The van der Waals surface area contributed by atoms with Crippen LogP contribution < -0.4 is 5.73 Å². The summed E-state index contributed by atoms with van der Waals surface area (Å²) < 4.78 is 1.58. The van der Waals surface area contributed by atoms with Gasteiger partial charge in [0.15, 0.2) is 11.5 Å². The summed E-state index contributed by atoms with van der Waals surface area (Å²) in [6.45, 7) is 0. The number of imidazole rings is 1. The van der Waals surface area contributed by atoms with E-state index in [1.165, 1.54) is 11.3 Å². The molecule has 7 nitrogen and oxygen atoms in total. The van der Waals surface area contributed by atoms with Gasteiger partial charge in [-0.25, -0.2) is 4.98 Å². The average molecular weight is 196 g/mol. The molecule has 0 aliphatic carbocycles. The van der Waals surface area contributed by atoms with E-state index in [9.17, 15) is 4.79 Å². The molecule has 14 heavy (non-hydrogen) atoms. The highest BCUT2D eigenvalue weighted by atomic mass is 16.1. The predicted octanol–water partition coefficient (Wildman–Crippen LogP) is 0.0793. The largest absolute Gasteiger partial charge is 0.364 e. The molecule has 1 heterocycles. The minimum absolute atomic E-state index is 0.123. The second-order valence-corrected chi connectivity index (χ2v) is 2.93. The molecular weight excluding hydrogens is 184 g/mol. The average Bonchev–Trinajstić information content (AvgIpc) is 2.43. The molecular formula is C7H12N6O. The van der Waals surface area contributed by atoms with Gasteiger partial charge in [0, 0.05) is 21.1 Å². The van der Waals surface area contributed by atoms with Gasteiger partial charge in [-0.3, -0.25) is 9.80 Å². The van der Waals surface area contributed by atoms with Crippen LogP contribution in [0.3, 0.4) is 0 Å². The first kappa shape index (κ1) is 10.2. The Hall–Kier alpha value is -1.92. The fraction of sp³-hybridized carbons (Fsp3) is 0.429. The van der Waals surface area contributed by atoms with Gasteiger partial charge in [-0.2, -0.15) is 0 Å². The summed E-state index contributed by atoms with van der Waals surface area (Å²) >= 11 is 0. The second-order valence-electron chi connectivity index (χ2n) is 2.93. The maximum Gasteiger partial charge on any atom is 0.271 e. The maximum absolute atomic E-state index is 10.9. The summed E-state index contributed by atoms with van der Waals surface area (Å²) in [7, 11) is 5.16. The molecule has 0 saturated carbocycles. The van der Waals surface area contributed by atoms with Crippen LogP contribution in [0.25, 0.3) is 0 Å². The minimum atomic E-state index is -0.613. The Labute approximate surface area is 81.2 Å². The SMILES string of the molecule is CN(C)N=Nc1c(C(N)=O)ncn1C. The van der Waals surface area contributed by atoms with Crippen molar-refractivity contribution < 1.29 is 4.79 Å². The Morgan fingerprint density at radius 3 is 2.79 bits per heavy atom. The van der Waals surface area contributed by atoms with Gasteiger partial charge in [0.05, 0.1) is 6.33 Å². The van der Waals surface area contributed by atoms with Gasteiger partial charge < -0.3 is 10.3 Å². The highest BCUT2D eigenvalue weighted by Gasteiger charge is 2.13. The van der Waals surface area contributed by atoms with Gasteiger partial charge in [-0.1, -0.05) is 5.22 Å². The number of aryl methyl sites for hydroxylation is 1. The molecule has 0 fully saturated rings. The van der Waals surface area contributed by atoms with Gasteiger partial charge in [0.1, 0.15) is 0 Å². The Kier molecular flexibility index (Phi) is 2.80. The number of nitrogens with two attached hydrogens (primary N) is 1. The van der Waals surface area contributed by atoms with Crippen LogP contribution in [0.1, 0.15) is 10.5 Å². The van der Waals surface area contributed by atoms with Crippen LogP contribution >= 0.6 is 0 Å². The number of hydrogen-bond donors (Lipinski definition) is 1. The van der Waals surface area contributed by atoms with E-state index in [0.717, 1.165) is 0 Å². The Balaban J connectivity index is 3.05. The smallest absolute Gasteiger partial charge is 0.271 e. The zero-order valence-electron chi connectivity index (χ0n) is 8.30. The molecule has 76 valence electrons. The van der Waals surface area contributed by atoms with Gasteiger partial charge in [-0.15, -0.1) is 5.11 Å². The van der Waals surface area contributed by atoms with Crippen molar-refractivity contribution in [2.45, 2.75) is 0 Å². The molecule has 0 saturated heterocycles. The molecule has 7 heteroatoms. The van der Waals surface area contributed by atoms with Crippen molar-refractivity contribution in [3.8, 4) is 0 Å².